The highest BCUT2D eigenvalue weighted by atomic mass is 16.2. The Kier molecular flexibility index (Phi) is 7.61. The van der Waals surface area contributed by atoms with E-state index in [-0.39, 0.29) is 5.91 Å². The van der Waals surface area contributed by atoms with E-state index in [1.807, 2.05) is 6.07 Å². The average Bonchev–Trinajstić information content (AvgIpc) is 3.34. The van der Waals surface area contributed by atoms with Crippen molar-refractivity contribution < 1.29 is 4.79 Å². The van der Waals surface area contributed by atoms with E-state index in [2.05, 4.69) is 75.7 Å². The van der Waals surface area contributed by atoms with Crippen LogP contribution < -0.4 is 11.1 Å². The van der Waals surface area contributed by atoms with Crippen LogP contribution in [0.2, 0.25) is 0 Å². The zero-order chi connectivity index (χ0) is 25.8. The molecule has 1 saturated heterocycles. The minimum atomic E-state index is -0.840. The highest BCUT2D eigenvalue weighted by molar-refractivity contribution is 5.87. The maximum Gasteiger partial charge on any atom is 0.241 e. The van der Waals surface area contributed by atoms with Crippen LogP contribution in [0.25, 0.3) is 22.2 Å². The van der Waals surface area contributed by atoms with Gasteiger partial charge in [0, 0.05) is 55.7 Å². The van der Waals surface area contributed by atoms with Crippen LogP contribution in [-0.4, -0.2) is 65.5 Å². The van der Waals surface area contributed by atoms with Crippen LogP contribution in [0.3, 0.4) is 0 Å². The summed E-state index contributed by atoms with van der Waals surface area (Å²) in [4.78, 5) is 21.2. The number of carbonyl (C=O) groups excluding carboxylic acids is 1. The number of benzene rings is 2. The molecule has 7 nitrogen and oxygen atoms in total. The molecule has 5 rings (SSSR count). The van der Waals surface area contributed by atoms with Gasteiger partial charge in [0.05, 0.1) is 11.6 Å². The van der Waals surface area contributed by atoms with Gasteiger partial charge in [-0.25, -0.2) is 0 Å². The van der Waals surface area contributed by atoms with Crippen LogP contribution in [0.1, 0.15) is 43.2 Å². The average molecular weight is 499 g/mol. The quantitative estimate of drug-likeness (QED) is 0.460. The Bertz CT molecular complexity index is 1260. The van der Waals surface area contributed by atoms with Crippen molar-refractivity contribution in [2.24, 2.45) is 5.73 Å². The van der Waals surface area contributed by atoms with Crippen molar-refractivity contribution >= 4 is 16.8 Å². The number of nitrogens with zero attached hydrogens (tertiary/aromatic N) is 3. The molecule has 0 bridgehead atoms. The molecule has 2 aliphatic rings. The van der Waals surface area contributed by atoms with Crippen LogP contribution >= 0.6 is 0 Å². The van der Waals surface area contributed by atoms with E-state index in [9.17, 15) is 10.1 Å². The maximum absolute atomic E-state index is 12.8. The van der Waals surface area contributed by atoms with Crippen molar-refractivity contribution in [1.82, 2.24) is 20.1 Å². The van der Waals surface area contributed by atoms with Gasteiger partial charge in [0.25, 0.3) is 0 Å². The molecular weight excluding hydrogens is 460 g/mol. The number of fused-ring (bicyclic) bond motifs is 1. The number of H-pyrrole nitrogens is 1. The van der Waals surface area contributed by atoms with Gasteiger partial charge in [0.15, 0.2) is 0 Å². The molecule has 0 unspecified atom stereocenters. The van der Waals surface area contributed by atoms with Gasteiger partial charge in [-0.1, -0.05) is 49.6 Å². The maximum atomic E-state index is 12.8. The molecule has 1 aromatic heterocycles. The molecule has 0 spiro atoms. The lowest BCUT2D eigenvalue weighted by Gasteiger charge is -2.32. The summed E-state index contributed by atoms with van der Waals surface area (Å²) in [7, 11) is 2.18. The Balaban J connectivity index is 1.23. The Morgan fingerprint density at radius 1 is 1.05 bits per heavy atom. The van der Waals surface area contributed by atoms with Gasteiger partial charge in [0.1, 0.15) is 6.04 Å². The second kappa shape index (κ2) is 11.1. The topological polar surface area (TPSA) is 101 Å². The highest BCUT2D eigenvalue weighted by Crippen LogP contribution is 2.27. The summed E-state index contributed by atoms with van der Waals surface area (Å²) in [5.74, 6) is -0.195. The number of rotatable bonds is 7. The first-order valence-electron chi connectivity index (χ1n) is 13.5. The number of hydrogen-bond donors (Lipinski definition) is 3. The molecule has 1 atom stereocenters. The normalized spacial score (nSPS) is 19.4. The third-order valence-electron chi connectivity index (χ3n) is 8.05. The molecule has 3 aromatic rings. The minimum Gasteiger partial charge on any atom is -0.355 e. The first kappa shape index (κ1) is 25.5. The molecule has 2 heterocycles. The minimum absolute atomic E-state index is 0.195. The molecule has 2 fully saturated rings. The second-order valence-electron chi connectivity index (χ2n) is 11.0. The van der Waals surface area contributed by atoms with Crippen molar-refractivity contribution in [1.29, 1.82) is 5.26 Å². The van der Waals surface area contributed by atoms with Crippen LogP contribution in [0.15, 0.2) is 48.5 Å². The number of aromatic nitrogens is 1. The summed E-state index contributed by atoms with van der Waals surface area (Å²) in [5, 5.41) is 13.7. The summed E-state index contributed by atoms with van der Waals surface area (Å²) in [6.45, 7) is 5.49. The summed E-state index contributed by atoms with van der Waals surface area (Å²) >= 11 is 0. The number of nitriles is 1. The summed E-state index contributed by atoms with van der Waals surface area (Å²) in [6, 6.07) is 18.8. The summed E-state index contributed by atoms with van der Waals surface area (Å²) in [6.07, 6.45) is 4.88. The predicted octanol–water partition coefficient (Wildman–Crippen LogP) is 3.79. The SMILES string of the molecule is CN1CCN(Cc2ccc(-c3cc4cc(C[C@@H](C#N)NC(=O)C5(N)CCCCC5)ccc4[nH]3)cc2)CC1. The van der Waals surface area contributed by atoms with Gasteiger partial charge in [-0.15, -0.1) is 0 Å². The van der Waals surface area contributed by atoms with Crippen LogP contribution in [0.5, 0.6) is 0 Å². The Morgan fingerprint density at radius 2 is 1.76 bits per heavy atom. The van der Waals surface area contributed by atoms with Gasteiger partial charge in [-0.2, -0.15) is 5.26 Å². The van der Waals surface area contributed by atoms with Crippen molar-refractivity contribution in [2.75, 3.05) is 33.2 Å². The highest BCUT2D eigenvalue weighted by Gasteiger charge is 2.36. The molecule has 2 aromatic carbocycles. The lowest BCUT2D eigenvalue weighted by atomic mass is 9.81. The van der Waals surface area contributed by atoms with E-state index in [0.29, 0.717) is 19.3 Å². The third kappa shape index (κ3) is 6.04. The monoisotopic (exact) mass is 498 g/mol. The molecule has 7 heteroatoms. The molecule has 1 aliphatic carbocycles. The standard InChI is InChI=1S/C30H38N6O/c1-35-13-15-36(16-14-35)21-22-5-8-24(9-6-22)28-19-25-17-23(7-10-27(25)34-28)18-26(20-31)33-29(37)30(32)11-3-2-4-12-30/h5-10,17,19,26,34H,2-4,11-16,18,21,32H2,1H3,(H,33,37)/t26-/m0/s1. The number of nitrogens with two attached hydrogens (primary N) is 1. The summed E-state index contributed by atoms with van der Waals surface area (Å²) in [5.41, 5.74) is 11.2. The van der Waals surface area contributed by atoms with Crippen molar-refractivity contribution in [3.8, 4) is 17.3 Å². The Labute approximate surface area is 219 Å². The van der Waals surface area contributed by atoms with Crippen molar-refractivity contribution in [3.05, 3.63) is 59.7 Å². The largest absolute Gasteiger partial charge is 0.355 e. The molecule has 1 amide bonds. The number of amides is 1. The van der Waals surface area contributed by atoms with E-state index >= 15 is 0 Å². The van der Waals surface area contributed by atoms with Crippen molar-refractivity contribution in [3.63, 3.8) is 0 Å². The van der Waals surface area contributed by atoms with Crippen LogP contribution in [-0.2, 0) is 17.8 Å². The van der Waals surface area contributed by atoms with Crippen LogP contribution in [0.4, 0.5) is 0 Å². The Morgan fingerprint density at radius 3 is 2.46 bits per heavy atom. The fraction of sp³-hybridized carbons (Fsp3) is 0.467. The zero-order valence-electron chi connectivity index (χ0n) is 21.8. The smallest absolute Gasteiger partial charge is 0.241 e. The summed E-state index contributed by atoms with van der Waals surface area (Å²) < 4.78 is 0. The van der Waals surface area contributed by atoms with E-state index in [0.717, 1.165) is 79.7 Å². The number of hydrogen-bond acceptors (Lipinski definition) is 5. The lowest BCUT2D eigenvalue weighted by Crippen LogP contribution is -2.57. The van der Waals surface area contributed by atoms with E-state index in [4.69, 9.17) is 5.73 Å². The fourth-order valence-electron chi connectivity index (χ4n) is 5.59. The van der Waals surface area contributed by atoms with Gasteiger partial charge >= 0.3 is 0 Å². The van der Waals surface area contributed by atoms with Gasteiger partial charge in [0.2, 0.25) is 5.91 Å². The van der Waals surface area contributed by atoms with Gasteiger partial charge < -0.3 is 20.9 Å². The lowest BCUT2D eigenvalue weighted by molar-refractivity contribution is -0.127. The van der Waals surface area contributed by atoms with E-state index in [1.54, 1.807) is 0 Å². The molecule has 4 N–H and O–H groups in total. The van der Waals surface area contributed by atoms with E-state index < -0.39 is 11.6 Å². The van der Waals surface area contributed by atoms with Gasteiger partial charge in [-0.3, -0.25) is 9.69 Å². The predicted molar refractivity (Wildman–Crippen MR) is 148 cm³/mol. The number of aromatic amines is 1. The van der Waals surface area contributed by atoms with Gasteiger partial charge in [-0.05, 0) is 54.8 Å². The zero-order valence-corrected chi connectivity index (χ0v) is 21.8. The molecule has 1 saturated carbocycles. The first-order chi connectivity index (χ1) is 17.9. The fourth-order valence-corrected chi connectivity index (χ4v) is 5.59. The number of nitrogens with one attached hydrogen (secondary N) is 2. The first-order valence-corrected chi connectivity index (χ1v) is 13.5. The Hall–Kier alpha value is -3.18. The van der Waals surface area contributed by atoms with Crippen LogP contribution in [0, 0.1) is 11.3 Å². The van der Waals surface area contributed by atoms with E-state index in [1.165, 1.54) is 5.56 Å². The number of carbonyl (C=O) groups is 1. The molecule has 194 valence electrons. The number of likely N-dealkylation sites (N-methyl/N-ethyl adjacent to an activating group) is 1. The third-order valence-corrected chi connectivity index (χ3v) is 8.05. The molecular formula is C30H38N6O. The molecule has 0 radical (unpaired) electrons. The second-order valence-corrected chi connectivity index (χ2v) is 11.0. The number of piperazine rings is 1. The molecule has 1 aliphatic heterocycles. The van der Waals surface area contributed by atoms with Crippen molar-refractivity contribution in [2.45, 2.75) is 56.7 Å². The molecule has 37 heavy (non-hydrogen) atoms.